The van der Waals surface area contributed by atoms with E-state index in [2.05, 4.69) is 85.8 Å². The number of ketones is 2. The van der Waals surface area contributed by atoms with Crippen LogP contribution < -0.4 is 30.4 Å². The van der Waals surface area contributed by atoms with E-state index in [0.29, 0.717) is 42.2 Å². The molecule has 422 valence electrons. The maximum Gasteiger partial charge on any atom is 0.251 e. The van der Waals surface area contributed by atoms with Gasteiger partial charge in [-0.2, -0.15) is 0 Å². The van der Waals surface area contributed by atoms with Crippen molar-refractivity contribution < 1.29 is 19.1 Å². The quantitative estimate of drug-likeness (QED) is 0.0319. The molecule has 2 aliphatic heterocycles. The van der Waals surface area contributed by atoms with Gasteiger partial charge in [0.2, 0.25) is 11.6 Å². The first-order chi connectivity index (χ1) is 39.3. The number of pyridine rings is 2. The van der Waals surface area contributed by atoms with E-state index in [1.54, 1.807) is 33.3 Å². The molecule has 2 saturated heterocycles. The predicted molar refractivity (Wildman–Crippen MR) is 332 cm³/mol. The third-order valence-corrected chi connectivity index (χ3v) is 18.3. The summed E-state index contributed by atoms with van der Waals surface area (Å²) < 4.78 is 18.3. The minimum absolute atomic E-state index is 0.0575. The highest BCUT2D eigenvalue weighted by Crippen LogP contribution is 2.33. The molecule has 10 rings (SSSR count). The number of hydrogen-bond acceptors (Lipinski definition) is 12. The highest BCUT2D eigenvalue weighted by Gasteiger charge is 2.28. The van der Waals surface area contributed by atoms with Gasteiger partial charge < -0.3 is 28.4 Å². The van der Waals surface area contributed by atoms with Crippen molar-refractivity contribution in [1.29, 1.82) is 0 Å². The van der Waals surface area contributed by atoms with Crippen molar-refractivity contribution in [3.05, 3.63) is 141 Å². The van der Waals surface area contributed by atoms with E-state index < -0.39 is 24.0 Å². The second-order valence-electron chi connectivity index (χ2n) is 22.1. The Hall–Kier alpha value is -6.32. The van der Waals surface area contributed by atoms with Crippen molar-refractivity contribution in [3.8, 4) is 11.5 Å². The normalized spacial score (nSPS) is 14.9. The average molecular weight is 1120 g/mol. The monoisotopic (exact) mass is 1120 g/mol. The van der Waals surface area contributed by atoms with E-state index in [-0.39, 0.29) is 17.7 Å². The van der Waals surface area contributed by atoms with E-state index in [1.165, 1.54) is 80.4 Å². The molecule has 0 saturated carbocycles. The highest BCUT2D eigenvalue weighted by atomic mass is 32.1. The number of thiophene rings is 2. The van der Waals surface area contributed by atoms with Crippen LogP contribution >= 0.6 is 22.7 Å². The number of nitrogens with zero attached hydrogens (tertiary/aromatic N) is 6. The molecule has 0 bridgehead atoms. The Bertz CT molecular complexity index is 3440. The van der Waals surface area contributed by atoms with Crippen LogP contribution in [0.2, 0.25) is 0 Å². The average Bonchev–Trinajstić information content (AvgIpc) is 4.30. The first-order valence-corrected chi connectivity index (χ1v) is 31.5. The van der Waals surface area contributed by atoms with Crippen molar-refractivity contribution in [2.75, 3.05) is 88.5 Å². The van der Waals surface area contributed by atoms with Crippen LogP contribution in [-0.4, -0.2) is 109 Å². The number of unbranched alkanes of at least 4 members (excludes halogenated alkanes) is 10. The van der Waals surface area contributed by atoms with Gasteiger partial charge in [0.1, 0.15) is 11.5 Å². The van der Waals surface area contributed by atoms with Crippen LogP contribution in [0.15, 0.2) is 130 Å². The van der Waals surface area contributed by atoms with Gasteiger partial charge >= 0.3 is 0 Å². The summed E-state index contributed by atoms with van der Waals surface area (Å²) in [5.74, 6) is -0.674. The molecule has 2 aliphatic rings. The highest BCUT2D eigenvalue weighted by molar-refractivity contribution is 7.17. The molecule has 14 heteroatoms. The zero-order valence-electron chi connectivity index (χ0n) is 46.9. The van der Waals surface area contributed by atoms with Gasteiger partial charge in [0.25, 0.3) is 11.1 Å². The summed E-state index contributed by atoms with van der Waals surface area (Å²) in [6, 6.07) is 35.6. The Kier molecular flexibility index (Phi) is 20.2. The smallest absolute Gasteiger partial charge is 0.251 e. The van der Waals surface area contributed by atoms with Crippen molar-refractivity contribution in [2.24, 2.45) is 5.92 Å². The number of ether oxygens (including phenoxy) is 2. The SMILES string of the molecule is CCCCCCCCCCCC(Cn1c(=O)ccc2ccc(OCCCCN3CCN(c4cccc5sccc45)CC3)cc21)C(=O)C(=O)Cn1c(=O)ccc2ccc(OCCCCN3CCN(c4cccc5sccc45)CC3)cc21. The fraction of sp³-hybridized carbons (Fsp3) is 0.455. The number of hydrogen-bond donors (Lipinski definition) is 0. The van der Waals surface area contributed by atoms with Crippen LogP contribution in [0.4, 0.5) is 11.4 Å². The largest absolute Gasteiger partial charge is 0.494 e. The fourth-order valence-corrected chi connectivity index (χ4v) is 13.5. The van der Waals surface area contributed by atoms with Gasteiger partial charge in [0.15, 0.2) is 0 Å². The standard InChI is InChI=1S/C66H80N6O6S2/c1-2-3-4-5-6-7-8-9-10-17-52(48-71-59-46-53(26-22-50(59)24-28-64(71)74)77-42-13-11-32-67-34-38-69(39-35-67)57-18-15-20-62-55(57)30-44-79-62)66(76)61(73)49-72-60-47-54(27-23-51(60)25-29-65(72)75)78-43-14-12-33-68-36-40-70(41-37-68)58-19-16-21-63-56(58)31-45-80-63/h15-16,18-31,44-47,52H,2-14,17,32-43,48-49H2,1H3. The summed E-state index contributed by atoms with van der Waals surface area (Å²) in [7, 11) is 0. The number of carbonyl (C=O) groups is 2. The van der Waals surface area contributed by atoms with E-state index in [9.17, 15) is 19.2 Å². The van der Waals surface area contributed by atoms with Crippen LogP contribution in [0, 0.1) is 5.92 Å². The molecular formula is C66H80N6O6S2. The van der Waals surface area contributed by atoms with Crippen molar-refractivity contribution in [3.63, 3.8) is 0 Å². The zero-order valence-corrected chi connectivity index (χ0v) is 48.5. The third kappa shape index (κ3) is 14.6. The Morgan fingerprint density at radius 2 is 0.988 bits per heavy atom. The van der Waals surface area contributed by atoms with Gasteiger partial charge in [0.05, 0.1) is 30.8 Å². The number of anilines is 2. The van der Waals surface area contributed by atoms with Gasteiger partial charge in [-0.15, -0.1) is 22.7 Å². The second kappa shape index (κ2) is 28.4. The van der Waals surface area contributed by atoms with Crippen LogP contribution in [0.25, 0.3) is 42.0 Å². The summed E-state index contributed by atoms with van der Waals surface area (Å²) >= 11 is 3.59. The number of piperazine rings is 2. The first-order valence-electron chi connectivity index (χ1n) is 29.8. The van der Waals surface area contributed by atoms with Gasteiger partial charge in [-0.25, -0.2) is 0 Å². The summed E-state index contributed by atoms with van der Waals surface area (Å²) in [4.78, 5) is 66.4. The van der Waals surface area contributed by atoms with E-state index in [4.69, 9.17) is 9.47 Å². The Morgan fingerprint density at radius 1 is 0.512 bits per heavy atom. The minimum Gasteiger partial charge on any atom is -0.494 e. The predicted octanol–water partition coefficient (Wildman–Crippen LogP) is 13.1. The third-order valence-electron chi connectivity index (χ3n) is 16.6. The molecule has 1 atom stereocenters. The lowest BCUT2D eigenvalue weighted by Crippen LogP contribution is -2.46. The van der Waals surface area contributed by atoms with Crippen LogP contribution in [0.5, 0.6) is 11.5 Å². The van der Waals surface area contributed by atoms with Gasteiger partial charge in [-0.1, -0.05) is 76.8 Å². The van der Waals surface area contributed by atoms with Crippen LogP contribution in [0.3, 0.4) is 0 Å². The number of carbonyl (C=O) groups excluding carboxylic acids is 2. The summed E-state index contributed by atoms with van der Waals surface area (Å²) in [6.45, 7) is 13.1. The molecule has 4 aromatic carbocycles. The van der Waals surface area contributed by atoms with Crippen LogP contribution in [-0.2, 0) is 22.7 Å². The molecule has 0 aliphatic carbocycles. The molecule has 6 heterocycles. The fourth-order valence-electron chi connectivity index (χ4n) is 11.9. The molecule has 0 N–H and O–H groups in total. The molecular weight excluding hydrogens is 1040 g/mol. The van der Waals surface area contributed by atoms with Crippen molar-refractivity contribution >= 4 is 87.6 Å². The summed E-state index contributed by atoms with van der Waals surface area (Å²) in [5.41, 5.74) is 3.28. The first kappa shape index (κ1) is 56.9. The summed E-state index contributed by atoms with van der Waals surface area (Å²) in [6.07, 6.45) is 14.3. The lowest BCUT2D eigenvalue weighted by atomic mass is 9.93. The van der Waals surface area contributed by atoms with Gasteiger partial charge in [0, 0.05) is 121 Å². The second-order valence-corrected chi connectivity index (χ2v) is 24.0. The number of Topliss-reactive ketones (excluding diaryl/α,β-unsaturated/α-hetero) is 2. The Balaban J connectivity index is 0.739. The maximum atomic E-state index is 14.6. The molecule has 0 radical (unpaired) electrons. The topological polar surface area (TPSA) is 110 Å². The molecule has 0 amide bonds. The minimum atomic E-state index is -0.749. The van der Waals surface area contributed by atoms with E-state index in [1.807, 2.05) is 42.5 Å². The number of rotatable bonds is 30. The van der Waals surface area contributed by atoms with Crippen molar-refractivity contribution in [1.82, 2.24) is 18.9 Å². The van der Waals surface area contributed by atoms with Gasteiger partial charge in [-0.3, -0.25) is 29.0 Å². The van der Waals surface area contributed by atoms with Crippen LogP contribution in [0.1, 0.15) is 96.8 Å². The Morgan fingerprint density at radius 3 is 1.51 bits per heavy atom. The Labute approximate surface area is 479 Å². The summed E-state index contributed by atoms with van der Waals surface area (Å²) in [5, 5.41) is 8.66. The molecule has 4 aromatic heterocycles. The number of fused-ring (bicyclic) bond motifs is 4. The maximum absolute atomic E-state index is 14.6. The molecule has 0 spiro atoms. The molecule has 8 aromatic rings. The zero-order chi connectivity index (χ0) is 55.0. The lowest BCUT2D eigenvalue weighted by molar-refractivity contribution is -0.139. The molecule has 2 fully saturated rings. The van der Waals surface area contributed by atoms with E-state index >= 15 is 0 Å². The van der Waals surface area contributed by atoms with E-state index in [0.717, 1.165) is 128 Å². The number of aromatic nitrogens is 2. The van der Waals surface area contributed by atoms with Gasteiger partial charge in [-0.05, 0) is 140 Å². The van der Waals surface area contributed by atoms with Crippen molar-refractivity contribution in [2.45, 2.75) is 110 Å². The molecule has 12 nitrogen and oxygen atoms in total. The molecule has 80 heavy (non-hydrogen) atoms. The lowest BCUT2D eigenvalue weighted by Gasteiger charge is -2.36. The number of benzene rings is 4. The molecule has 1 unspecified atom stereocenters.